The molecule has 21 heavy (non-hydrogen) atoms. The predicted octanol–water partition coefficient (Wildman–Crippen LogP) is 4.92. The lowest BCUT2D eigenvalue weighted by Gasteiger charge is -2.08. The fourth-order valence-electron chi connectivity index (χ4n) is 1.66. The smallest absolute Gasteiger partial charge is 0.336 e. The van der Waals surface area contributed by atoms with Crippen LogP contribution in [0.1, 0.15) is 20.7 Å². The third-order valence-corrected chi connectivity index (χ3v) is 4.19. The molecule has 0 aliphatic rings. The van der Waals surface area contributed by atoms with Gasteiger partial charge in [0.15, 0.2) is 0 Å². The molecule has 7 heteroatoms. The first kappa shape index (κ1) is 16.2. The summed E-state index contributed by atoms with van der Waals surface area (Å²) in [7, 11) is 0. The number of anilines is 1. The Kier molecular flexibility index (Phi) is 5.18. The first-order chi connectivity index (χ1) is 9.86. The van der Waals surface area contributed by atoms with E-state index in [9.17, 15) is 9.59 Å². The van der Waals surface area contributed by atoms with Crippen LogP contribution < -0.4 is 5.32 Å². The Morgan fingerprint density at radius 3 is 2.14 bits per heavy atom. The maximum absolute atomic E-state index is 12.2. The second-order valence-electron chi connectivity index (χ2n) is 4.11. The van der Waals surface area contributed by atoms with Crippen molar-refractivity contribution in [3.63, 3.8) is 0 Å². The maximum Gasteiger partial charge on any atom is 0.336 e. The van der Waals surface area contributed by atoms with Crippen LogP contribution in [0.15, 0.2) is 49.8 Å². The van der Waals surface area contributed by atoms with Gasteiger partial charge in [-0.25, -0.2) is 4.79 Å². The molecule has 4 nitrogen and oxygen atoms in total. The molecule has 108 valence electrons. The van der Waals surface area contributed by atoms with Gasteiger partial charge < -0.3 is 10.4 Å². The number of nitrogens with one attached hydrogen (secondary N) is 1. The maximum atomic E-state index is 12.2. The summed E-state index contributed by atoms with van der Waals surface area (Å²) in [6.07, 6.45) is 0. The summed E-state index contributed by atoms with van der Waals surface area (Å²) in [6.45, 7) is 0. The highest BCUT2D eigenvalue weighted by Crippen LogP contribution is 2.23. The summed E-state index contributed by atoms with van der Waals surface area (Å²) in [5, 5.41) is 11.7. The highest BCUT2D eigenvalue weighted by Gasteiger charge is 2.12. The summed E-state index contributed by atoms with van der Waals surface area (Å²) in [4.78, 5) is 23.2. The third kappa shape index (κ3) is 4.15. The van der Waals surface area contributed by atoms with Crippen molar-refractivity contribution in [2.45, 2.75) is 0 Å². The summed E-state index contributed by atoms with van der Waals surface area (Å²) in [6, 6.07) is 9.78. The number of aromatic carboxylic acids is 1. The normalized spacial score (nSPS) is 10.2. The average Bonchev–Trinajstić information content (AvgIpc) is 2.39. The number of carbonyl (C=O) groups excluding carboxylic acids is 1. The lowest BCUT2D eigenvalue weighted by Crippen LogP contribution is -2.12. The second-order valence-corrected chi connectivity index (χ2v) is 6.80. The molecule has 0 aliphatic carbocycles. The average molecular weight is 478 g/mol. The van der Waals surface area contributed by atoms with Gasteiger partial charge >= 0.3 is 5.97 Å². The molecule has 0 spiro atoms. The monoisotopic (exact) mass is 475 g/mol. The van der Waals surface area contributed by atoms with Crippen LogP contribution in [-0.2, 0) is 0 Å². The highest BCUT2D eigenvalue weighted by molar-refractivity contribution is 9.11. The molecule has 0 aliphatic heterocycles. The summed E-state index contributed by atoms with van der Waals surface area (Å²) in [5.41, 5.74) is 0.955. The lowest BCUT2D eigenvalue weighted by atomic mass is 10.1. The molecule has 0 bridgehead atoms. The van der Waals surface area contributed by atoms with Crippen LogP contribution in [0.4, 0.5) is 5.69 Å². The Morgan fingerprint density at radius 1 is 0.952 bits per heavy atom. The van der Waals surface area contributed by atoms with Gasteiger partial charge in [0, 0.05) is 24.7 Å². The van der Waals surface area contributed by atoms with Crippen LogP contribution in [0.3, 0.4) is 0 Å². The molecule has 2 N–H and O–H groups in total. The first-order valence-corrected chi connectivity index (χ1v) is 8.05. The van der Waals surface area contributed by atoms with Crippen LogP contribution in [0, 0.1) is 0 Å². The quantitative estimate of drug-likeness (QED) is 0.659. The van der Waals surface area contributed by atoms with Crippen LogP contribution in [0.25, 0.3) is 0 Å². The minimum Gasteiger partial charge on any atom is -0.478 e. The predicted molar refractivity (Wildman–Crippen MR) is 90.9 cm³/mol. The van der Waals surface area contributed by atoms with Crippen molar-refractivity contribution in [2.24, 2.45) is 0 Å². The number of carbonyl (C=O) groups is 2. The van der Waals surface area contributed by atoms with Crippen LogP contribution in [0.2, 0.25) is 0 Å². The first-order valence-electron chi connectivity index (χ1n) is 5.67. The van der Waals surface area contributed by atoms with E-state index in [2.05, 4.69) is 53.1 Å². The Hall–Kier alpha value is -1.18. The number of hydrogen-bond donors (Lipinski definition) is 2. The van der Waals surface area contributed by atoms with E-state index in [-0.39, 0.29) is 11.5 Å². The fraction of sp³-hybridized carbons (Fsp3) is 0. The Labute approximate surface area is 145 Å². The van der Waals surface area contributed by atoms with E-state index >= 15 is 0 Å². The van der Waals surface area contributed by atoms with Crippen molar-refractivity contribution in [2.75, 3.05) is 5.32 Å². The van der Waals surface area contributed by atoms with Crippen LogP contribution in [-0.4, -0.2) is 17.0 Å². The molecule has 0 aromatic heterocycles. The Balaban J connectivity index is 2.27. The summed E-state index contributed by atoms with van der Waals surface area (Å²) < 4.78 is 1.99. The van der Waals surface area contributed by atoms with E-state index in [1.54, 1.807) is 24.3 Å². The molecule has 1 amide bonds. The Morgan fingerprint density at radius 2 is 1.57 bits per heavy atom. The van der Waals surface area contributed by atoms with Crippen molar-refractivity contribution in [1.29, 1.82) is 0 Å². The van der Waals surface area contributed by atoms with E-state index in [0.717, 1.165) is 8.95 Å². The van der Waals surface area contributed by atoms with E-state index in [1.807, 2.05) is 6.07 Å². The van der Waals surface area contributed by atoms with Gasteiger partial charge in [-0.2, -0.15) is 0 Å². The molecule has 0 saturated heterocycles. The van der Waals surface area contributed by atoms with Gasteiger partial charge in [-0.15, -0.1) is 0 Å². The van der Waals surface area contributed by atoms with Gasteiger partial charge in [0.05, 0.1) is 5.56 Å². The molecule has 0 saturated carbocycles. The SMILES string of the molecule is O=C(Nc1ccc(Br)c(C(=O)O)c1)c1cc(Br)cc(Br)c1. The van der Waals surface area contributed by atoms with Crippen molar-refractivity contribution in [3.05, 3.63) is 60.9 Å². The lowest BCUT2D eigenvalue weighted by molar-refractivity contribution is 0.0695. The van der Waals surface area contributed by atoms with Gasteiger partial charge in [0.2, 0.25) is 0 Å². The van der Waals surface area contributed by atoms with E-state index in [0.29, 0.717) is 15.7 Å². The summed E-state index contributed by atoms with van der Waals surface area (Å²) in [5.74, 6) is -1.39. The summed E-state index contributed by atoms with van der Waals surface area (Å²) >= 11 is 9.78. The van der Waals surface area contributed by atoms with Crippen molar-refractivity contribution >= 4 is 65.4 Å². The molecular formula is C14H8Br3NO3. The van der Waals surface area contributed by atoms with E-state index in [4.69, 9.17) is 5.11 Å². The molecule has 0 fully saturated rings. The molecule has 0 radical (unpaired) electrons. The van der Waals surface area contributed by atoms with E-state index in [1.165, 1.54) is 6.07 Å². The van der Waals surface area contributed by atoms with Crippen LogP contribution in [0.5, 0.6) is 0 Å². The third-order valence-electron chi connectivity index (χ3n) is 2.58. The molecule has 0 atom stereocenters. The zero-order valence-electron chi connectivity index (χ0n) is 10.4. The molecule has 2 rings (SSSR count). The zero-order valence-corrected chi connectivity index (χ0v) is 15.1. The number of benzene rings is 2. The number of rotatable bonds is 3. The molecule has 2 aromatic carbocycles. The second kappa shape index (κ2) is 6.72. The topological polar surface area (TPSA) is 66.4 Å². The van der Waals surface area contributed by atoms with Gasteiger partial charge in [-0.1, -0.05) is 31.9 Å². The molecule has 0 heterocycles. The minimum absolute atomic E-state index is 0.0863. The Bertz CT molecular complexity index is 711. The number of amides is 1. The largest absolute Gasteiger partial charge is 0.478 e. The van der Waals surface area contributed by atoms with Gasteiger partial charge in [0.1, 0.15) is 0 Å². The van der Waals surface area contributed by atoms with Crippen molar-refractivity contribution in [3.8, 4) is 0 Å². The van der Waals surface area contributed by atoms with Gasteiger partial charge in [0.25, 0.3) is 5.91 Å². The standard InChI is InChI=1S/C14H8Br3NO3/c15-8-3-7(4-9(16)5-8)13(19)18-10-1-2-12(17)11(6-10)14(20)21/h1-6H,(H,18,19)(H,20,21). The highest BCUT2D eigenvalue weighted by atomic mass is 79.9. The number of carboxylic acids is 1. The number of halogens is 3. The number of carboxylic acid groups (broad SMARTS) is 1. The molecular weight excluding hydrogens is 470 g/mol. The molecule has 0 unspecified atom stereocenters. The van der Waals surface area contributed by atoms with Gasteiger partial charge in [-0.05, 0) is 52.3 Å². The van der Waals surface area contributed by atoms with Crippen molar-refractivity contribution in [1.82, 2.24) is 0 Å². The van der Waals surface area contributed by atoms with E-state index < -0.39 is 5.97 Å². The number of hydrogen-bond acceptors (Lipinski definition) is 2. The van der Waals surface area contributed by atoms with Gasteiger partial charge in [-0.3, -0.25) is 4.79 Å². The minimum atomic E-state index is -1.07. The van der Waals surface area contributed by atoms with Crippen LogP contribution >= 0.6 is 47.8 Å². The van der Waals surface area contributed by atoms with Crippen molar-refractivity contribution < 1.29 is 14.7 Å². The zero-order chi connectivity index (χ0) is 15.6. The molecule has 2 aromatic rings. The fourth-order valence-corrected chi connectivity index (χ4v) is 3.37.